The summed E-state index contributed by atoms with van der Waals surface area (Å²) in [5, 5.41) is 3.10. The molecule has 1 aliphatic heterocycles. The summed E-state index contributed by atoms with van der Waals surface area (Å²) in [7, 11) is -3.69. The van der Waals surface area contributed by atoms with Crippen LogP contribution in [0.2, 0.25) is 0 Å². The summed E-state index contributed by atoms with van der Waals surface area (Å²) >= 11 is 0. The van der Waals surface area contributed by atoms with Crippen molar-refractivity contribution in [2.24, 2.45) is 0 Å². The summed E-state index contributed by atoms with van der Waals surface area (Å²) in [5.41, 5.74) is 0.848. The molecule has 0 bridgehead atoms. The van der Waals surface area contributed by atoms with Crippen molar-refractivity contribution in [2.45, 2.75) is 18.7 Å². The molecule has 26 heavy (non-hydrogen) atoms. The molecule has 0 saturated carbocycles. The van der Waals surface area contributed by atoms with E-state index >= 15 is 0 Å². The number of benzene rings is 1. The third kappa shape index (κ3) is 3.94. The van der Waals surface area contributed by atoms with E-state index in [1.165, 1.54) is 22.5 Å². The van der Waals surface area contributed by atoms with Crippen molar-refractivity contribution in [3.05, 3.63) is 41.8 Å². The van der Waals surface area contributed by atoms with Crippen LogP contribution in [-0.4, -0.2) is 55.4 Å². The van der Waals surface area contributed by atoms with Gasteiger partial charge in [-0.05, 0) is 32.0 Å². The van der Waals surface area contributed by atoms with Crippen molar-refractivity contribution in [2.75, 3.05) is 42.9 Å². The molecule has 1 aromatic carbocycles. The van der Waals surface area contributed by atoms with E-state index in [-0.39, 0.29) is 4.90 Å². The van der Waals surface area contributed by atoms with Crippen molar-refractivity contribution in [3.8, 4) is 0 Å². The lowest BCUT2D eigenvalue weighted by molar-refractivity contribution is 0.383. The van der Waals surface area contributed by atoms with E-state index in [1.807, 2.05) is 24.8 Å². The van der Waals surface area contributed by atoms with Crippen LogP contribution >= 0.6 is 0 Å². The fourth-order valence-corrected chi connectivity index (χ4v) is 4.34. The van der Waals surface area contributed by atoms with Crippen molar-refractivity contribution >= 4 is 21.8 Å². The number of sulfonamides is 1. The first-order valence-electron chi connectivity index (χ1n) is 8.50. The smallest absolute Gasteiger partial charge is 0.243 e. The summed E-state index contributed by atoms with van der Waals surface area (Å²) in [4.78, 5) is 10.8. The Labute approximate surface area is 152 Å². The molecule has 140 valence electrons. The van der Waals surface area contributed by atoms with Gasteiger partial charge in [-0.25, -0.2) is 17.8 Å². The molecule has 2 heterocycles. The molecule has 0 aliphatic carbocycles. The average Bonchev–Trinajstić information content (AvgIpc) is 2.61. The van der Waals surface area contributed by atoms with Gasteiger partial charge in [0, 0.05) is 44.5 Å². The molecule has 0 unspecified atom stereocenters. The van der Waals surface area contributed by atoms with E-state index in [2.05, 4.69) is 15.3 Å². The number of nitrogens with one attached hydrogen (secondary N) is 1. The fraction of sp³-hybridized carbons (Fsp3) is 0.412. The molecule has 3 rings (SSSR count). The molecule has 1 saturated heterocycles. The summed E-state index contributed by atoms with van der Waals surface area (Å²) in [6.45, 7) is 6.25. The average molecular weight is 379 g/mol. The number of rotatable bonds is 5. The van der Waals surface area contributed by atoms with Crippen molar-refractivity contribution in [1.29, 1.82) is 0 Å². The molecule has 0 spiro atoms. The minimum atomic E-state index is -3.69. The molecule has 1 N–H and O–H groups in total. The number of piperazine rings is 1. The lowest BCUT2D eigenvalue weighted by Gasteiger charge is -2.34. The first kappa shape index (κ1) is 18.5. The zero-order valence-electron chi connectivity index (χ0n) is 14.8. The highest BCUT2D eigenvalue weighted by Gasteiger charge is 2.29. The largest absolute Gasteiger partial charge is 0.354 e. The third-order valence-electron chi connectivity index (χ3n) is 4.17. The van der Waals surface area contributed by atoms with E-state index in [0.29, 0.717) is 32.1 Å². The van der Waals surface area contributed by atoms with Crippen molar-refractivity contribution < 1.29 is 12.8 Å². The molecule has 1 aromatic heterocycles. The van der Waals surface area contributed by atoms with Gasteiger partial charge in [-0.1, -0.05) is 6.07 Å². The van der Waals surface area contributed by atoms with Crippen LogP contribution in [0.1, 0.15) is 12.6 Å². The van der Waals surface area contributed by atoms with Gasteiger partial charge in [-0.15, -0.1) is 0 Å². The topological polar surface area (TPSA) is 78.4 Å². The summed E-state index contributed by atoms with van der Waals surface area (Å²) in [6.07, 6.45) is 0. The SMILES string of the molecule is CCNc1nc(C)cc(N2CCN(S(=O)(=O)c3cccc(F)c3)CC2)n1. The molecular weight excluding hydrogens is 357 g/mol. The lowest BCUT2D eigenvalue weighted by atomic mass is 10.3. The first-order chi connectivity index (χ1) is 12.4. The van der Waals surface area contributed by atoms with Crippen LogP contribution < -0.4 is 10.2 Å². The van der Waals surface area contributed by atoms with E-state index in [0.717, 1.165) is 24.1 Å². The molecule has 1 fully saturated rings. The predicted octanol–water partition coefficient (Wildman–Crippen LogP) is 1.87. The van der Waals surface area contributed by atoms with E-state index in [4.69, 9.17) is 0 Å². The fourth-order valence-electron chi connectivity index (χ4n) is 2.89. The Kier molecular flexibility index (Phi) is 5.38. The zero-order valence-corrected chi connectivity index (χ0v) is 15.6. The highest BCUT2D eigenvalue weighted by molar-refractivity contribution is 7.89. The number of aromatic nitrogens is 2. The van der Waals surface area contributed by atoms with Crippen LogP contribution in [0.15, 0.2) is 35.2 Å². The summed E-state index contributed by atoms with van der Waals surface area (Å²) < 4.78 is 40.1. The second-order valence-electron chi connectivity index (χ2n) is 6.07. The second kappa shape index (κ2) is 7.55. The molecule has 1 aliphatic rings. The van der Waals surface area contributed by atoms with E-state index in [9.17, 15) is 12.8 Å². The Bertz CT molecular complexity index is 882. The van der Waals surface area contributed by atoms with Gasteiger partial charge in [-0.3, -0.25) is 0 Å². The molecule has 0 atom stereocenters. The number of hydrogen-bond acceptors (Lipinski definition) is 6. The Balaban J connectivity index is 1.73. The summed E-state index contributed by atoms with van der Waals surface area (Å²) in [5.74, 6) is 0.783. The normalized spacial score (nSPS) is 15.9. The lowest BCUT2D eigenvalue weighted by Crippen LogP contribution is -2.49. The molecule has 9 heteroatoms. The van der Waals surface area contributed by atoms with Gasteiger partial charge in [-0.2, -0.15) is 9.29 Å². The Morgan fingerprint density at radius 2 is 1.88 bits per heavy atom. The molecule has 7 nitrogen and oxygen atoms in total. The highest BCUT2D eigenvalue weighted by atomic mass is 32.2. The number of aryl methyl sites for hydroxylation is 1. The maximum Gasteiger partial charge on any atom is 0.243 e. The van der Waals surface area contributed by atoms with Gasteiger partial charge < -0.3 is 10.2 Å². The Morgan fingerprint density at radius 1 is 1.15 bits per heavy atom. The van der Waals surface area contributed by atoms with Gasteiger partial charge in [0.2, 0.25) is 16.0 Å². The quantitative estimate of drug-likeness (QED) is 0.854. The van der Waals surface area contributed by atoms with Crippen molar-refractivity contribution in [3.63, 3.8) is 0 Å². The van der Waals surface area contributed by atoms with Crippen LogP contribution in [0.3, 0.4) is 0 Å². The van der Waals surface area contributed by atoms with Crippen LogP contribution in [0.4, 0.5) is 16.2 Å². The Hall–Kier alpha value is -2.26. The monoisotopic (exact) mass is 379 g/mol. The van der Waals surface area contributed by atoms with Gasteiger partial charge >= 0.3 is 0 Å². The van der Waals surface area contributed by atoms with E-state index in [1.54, 1.807) is 0 Å². The number of anilines is 2. The standard InChI is InChI=1S/C17H22FN5O2S/c1-3-19-17-20-13(2)11-16(21-17)22-7-9-23(10-8-22)26(24,25)15-6-4-5-14(18)12-15/h4-6,11-12H,3,7-10H2,1-2H3,(H,19,20,21). The van der Waals surface area contributed by atoms with Crippen LogP contribution in [0.25, 0.3) is 0 Å². The van der Waals surface area contributed by atoms with Crippen molar-refractivity contribution in [1.82, 2.24) is 14.3 Å². The third-order valence-corrected chi connectivity index (χ3v) is 6.07. The van der Waals surface area contributed by atoms with Gasteiger partial charge in [0.15, 0.2) is 0 Å². The summed E-state index contributed by atoms with van der Waals surface area (Å²) in [6, 6.07) is 7.00. The van der Waals surface area contributed by atoms with Crippen LogP contribution in [0.5, 0.6) is 0 Å². The second-order valence-corrected chi connectivity index (χ2v) is 8.01. The molecule has 0 radical (unpaired) electrons. The number of nitrogens with zero attached hydrogens (tertiary/aromatic N) is 4. The van der Waals surface area contributed by atoms with E-state index < -0.39 is 15.8 Å². The maximum absolute atomic E-state index is 13.4. The van der Waals surface area contributed by atoms with Gasteiger partial charge in [0.1, 0.15) is 11.6 Å². The number of halogens is 1. The number of hydrogen-bond donors (Lipinski definition) is 1. The molecular formula is C17H22FN5O2S. The first-order valence-corrected chi connectivity index (χ1v) is 9.94. The predicted molar refractivity (Wildman–Crippen MR) is 98.3 cm³/mol. The molecule has 0 amide bonds. The Morgan fingerprint density at radius 3 is 2.54 bits per heavy atom. The van der Waals surface area contributed by atoms with Gasteiger partial charge in [0.25, 0.3) is 0 Å². The zero-order chi connectivity index (χ0) is 18.7. The minimum absolute atomic E-state index is 0.0155. The van der Waals surface area contributed by atoms with Gasteiger partial charge in [0.05, 0.1) is 4.90 Å². The van der Waals surface area contributed by atoms with Crippen LogP contribution in [-0.2, 0) is 10.0 Å². The minimum Gasteiger partial charge on any atom is -0.354 e. The maximum atomic E-state index is 13.4. The van der Waals surface area contributed by atoms with Crippen LogP contribution in [0, 0.1) is 12.7 Å². The highest BCUT2D eigenvalue weighted by Crippen LogP contribution is 2.21. The molecule has 2 aromatic rings.